The topological polar surface area (TPSA) is 79.7 Å². The lowest BCUT2D eigenvalue weighted by Crippen LogP contribution is -2.38. The number of carboxylic acid groups (broad SMARTS) is 1. The van der Waals surface area contributed by atoms with Gasteiger partial charge in [0.15, 0.2) is 6.61 Å². The first kappa shape index (κ1) is 20.9. The summed E-state index contributed by atoms with van der Waals surface area (Å²) in [6.07, 6.45) is 0.768. The molecule has 0 unspecified atom stereocenters. The lowest BCUT2D eigenvalue weighted by atomic mass is 10.1. The van der Waals surface area contributed by atoms with E-state index in [1.807, 2.05) is 47.8 Å². The van der Waals surface area contributed by atoms with Crippen molar-refractivity contribution in [3.05, 3.63) is 99.9 Å². The van der Waals surface area contributed by atoms with Gasteiger partial charge >= 0.3 is 5.97 Å². The number of carbonyl (C=O) groups excluding carboxylic acids is 1. The smallest absolute Gasteiger partial charge is 0.335 e. The Morgan fingerprint density at radius 2 is 1.85 bits per heavy atom. The Morgan fingerprint density at radius 3 is 2.67 bits per heavy atom. The van der Waals surface area contributed by atoms with Crippen LogP contribution in [0.1, 0.15) is 26.5 Å². The highest BCUT2D eigenvalue weighted by Gasteiger charge is 2.26. The molecule has 1 aliphatic heterocycles. The number of ether oxygens (including phenoxy) is 1. The second kappa shape index (κ2) is 8.88. The maximum absolute atomic E-state index is 12.7. The third-order valence-electron chi connectivity index (χ3n) is 5.46. The molecule has 1 amide bonds. The van der Waals surface area contributed by atoms with Crippen molar-refractivity contribution < 1.29 is 19.4 Å². The number of carbonyl (C=O) groups is 2. The van der Waals surface area contributed by atoms with E-state index in [0.717, 1.165) is 28.2 Å². The van der Waals surface area contributed by atoms with Gasteiger partial charge in [0.25, 0.3) is 5.91 Å². The van der Waals surface area contributed by atoms with Crippen LogP contribution >= 0.6 is 11.3 Å². The summed E-state index contributed by atoms with van der Waals surface area (Å²) in [7, 11) is 0. The minimum absolute atomic E-state index is 0.0527. The molecule has 0 fully saturated rings. The zero-order chi connectivity index (χ0) is 22.8. The molecular weight excluding hydrogens is 436 g/mol. The van der Waals surface area contributed by atoms with Gasteiger partial charge in [0.05, 0.1) is 28.5 Å². The van der Waals surface area contributed by atoms with Crippen LogP contribution in [-0.2, 0) is 17.8 Å². The van der Waals surface area contributed by atoms with Crippen LogP contribution < -0.4 is 9.64 Å². The Bertz CT molecular complexity index is 1330. The molecule has 33 heavy (non-hydrogen) atoms. The fourth-order valence-electron chi connectivity index (χ4n) is 3.82. The fourth-order valence-corrected chi connectivity index (χ4v) is 4.65. The summed E-state index contributed by atoms with van der Waals surface area (Å²) < 4.78 is 5.64. The van der Waals surface area contributed by atoms with Crippen LogP contribution in [0.15, 0.2) is 78.2 Å². The van der Waals surface area contributed by atoms with Crippen LogP contribution in [-0.4, -0.2) is 28.6 Å². The van der Waals surface area contributed by atoms with Crippen molar-refractivity contribution in [2.24, 2.45) is 0 Å². The summed E-state index contributed by atoms with van der Waals surface area (Å²) in [6.45, 7) is 0.207. The number of aromatic nitrogens is 1. The van der Waals surface area contributed by atoms with E-state index in [1.165, 1.54) is 11.6 Å². The minimum atomic E-state index is -0.998. The van der Waals surface area contributed by atoms with Crippen LogP contribution in [0.2, 0.25) is 0 Å². The first-order chi connectivity index (χ1) is 16.1. The lowest BCUT2D eigenvalue weighted by Gasteiger charge is -2.30. The van der Waals surface area contributed by atoms with Crippen LogP contribution in [0, 0.1) is 0 Å². The molecule has 0 spiro atoms. The van der Waals surface area contributed by atoms with Crippen molar-refractivity contribution >= 4 is 28.9 Å². The molecule has 0 saturated carbocycles. The predicted molar refractivity (Wildman–Crippen MR) is 127 cm³/mol. The first-order valence-electron chi connectivity index (χ1n) is 10.4. The highest BCUT2D eigenvalue weighted by atomic mass is 32.1. The lowest BCUT2D eigenvalue weighted by molar-refractivity contribution is -0.121. The van der Waals surface area contributed by atoms with Crippen molar-refractivity contribution in [3.8, 4) is 17.0 Å². The minimum Gasteiger partial charge on any atom is -0.482 e. The molecule has 2 heterocycles. The zero-order valence-corrected chi connectivity index (χ0v) is 18.4. The predicted octanol–water partition coefficient (Wildman–Crippen LogP) is 5.02. The summed E-state index contributed by atoms with van der Waals surface area (Å²) in [4.78, 5) is 30.5. The van der Waals surface area contributed by atoms with Crippen molar-refractivity contribution in [2.45, 2.75) is 13.0 Å². The van der Waals surface area contributed by atoms with E-state index in [-0.39, 0.29) is 24.6 Å². The van der Waals surface area contributed by atoms with E-state index >= 15 is 0 Å². The summed E-state index contributed by atoms with van der Waals surface area (Å²) >= 11 is 1.61. The molecular formula is C26H20N2O4S. The first-order valence-corrected chi connectivity index (χ1v) is 11.3. The number of benzene rings is 3. The molecule has 0 radical (unpaired) electrons. The molecule has 0 atom stereocenters. The SMILES string of the molecule is O=C(O)c1cccc(CN2C(=O)COc3ccc(-c4csc(Cc5ccccc5)n4)cc32)c1. The molecule has 1 aliphatic rings. The molecule has 1 N–H and O–H groups in total. The number of carboxylic acids is 1. The van der Waals surface area contributed by atoms with Crippen molar-refractivity contribution in [3.63, 3.8) is 0 Å². The normalized spacial score (nSPS) is 12.8. The van der Waals surface area contributed by atoms with E-state index in [4.69, 9.17) is 9.72 Å². The monoisotopic (exact) mass is 456 g/mol. The Labute approximate surface area is 194 Å². The number of anilines is 1. The Kier molecular flexibility index (Phi) is 5.62. The van der Waals surface area contributed by atoms with Crippen LogP contribution in [0.3, 0.4) is 0 Å². The molecule has 7 heteroatoms. The third kappa shape index (κ3) is 4.49. The molecule has 164 valence electrons. The van der Waals surface area contributed by atoms with Gasteiger partial charge in [0.1, 0.15) is 5.75 Å². The van der Waals surface area contributed by atoms with Gasteiger partial charge in [-0.05, 0) is 41.5 Å². The molecule has 3 aromatic carbocycles. The summed E-state index contributed by atoms with van der Waals surface area (Å²) in [5, 5.41) is 12.3. The van der Waals surface area contributed by atoms with Crippen molar-refractivity contribution in [1.82, 2.24) is 4.98 Å². The Morgan fingerprint density at radius 1 is 1.03 bits per heavy atom. The maximum Gasteiger partial charge on any atom is 0.335 e. The van der Waals surface area contributed by atoms with E-state index in [1.54, 1.807) is 28.4 Å². The Hall–Kier alpha value is -3.97. The third-order valence-corrected chi connectivity index (χ3v) is 6.31. The van der Waals surface area contributed by atoms with Gasteiger partial charge < -0.3 is 14.7 Å². The highest BCUT2D eigenvalue weighted by Crippen LogP contribution is 2.37. The number of aromatic carboxylic acids is 1. The molecule has 0 saturated heterocycles. The number of rotatable bonds is 6. The zero-order valence-electron chi connectivity index (χ0n) is 17.6. The van der Waals surface area contributed by atoms with Gasteiger partial charge in [0, 0.05) is 17.4 Å². The molecule has 4 aromatic rings. The largest absolute Gasteiger partial charge is 0.482 e. The van der Waals surface area contributed by atoms with Gasteiger partial charge in [-0.25, -0.2) is 9.78 Å². The molecule has 0 bridgehead atoms. The van der Waals surface area contributed by atoms with Crippen LogP contribution in [0.4, 0.5) is 5.69 Å². The maximum atomic E-state index is 12.7. The molecule has 0 aliphatic carbocycles. The molecule has 1 aromatic heterocycles. The van der Waals surface area contributed by atoms with Gasteiger partial charge in [0.2, 0.25) is 0 Å². The Balaban J connectivity index is 1.43. The van der Waals surface area contributed by atoms with Gasteiger partial charge in [-0.15, -0.1) is 11.3 Å². The van der Waals surface area contributed by atoms with Gasteiger partial charge in [-0.1, -0.05) is 42.5 Å². The average molecular weight is 457 g/mol. The van der Waals surface area contributed by atoms with Gasteiger partial charge in [-0.3, -0.25) is 4.79 Å². The summed E-state index contributed by atoms with van der Waals surface area (Å²) in [5.74, 6) is -0.557. The van der Waals surface area contributed by atoms with E-state index < -0.39 is 5.97 Å². The standard InChI is InChI=1S/C26H20N2O4S/c29-25-15-32-23-10-9-19(21-16-33-24(27-21)12-17-5-2-1-3-6-17)13-22(23)28(25)14-18-7-4-8-20(11-18)26(30)31/h1-11,13,16H,12,14-15H2,(H,30,31). The summed E-state index contributed by atoms with van der Waals surface area (Å²) in [5.41, 5.74) is 4.53. The van der Waals surface area contributed by atoms with Crippen LogP contribution in [0.5, 0.6) is 5.75 Å². The van der Waals surface area contributed by atoms with Gasteiger partial charge in [-0.2, -0.15) is 0 Å². The van der Waals surface area contributed by atoms with E-state index in [0.29, 0.717) is 11.4 Å². The van der Waals surface area contributed by atoms with Crippen molar-refractivity contribution in [1.29, 1.82) is 0 Å². The molecule has 5 rings (SSSR count). The van der Waals surface area contributed by atoms with E-state index in [9.17, 15) is 14.7 Å². The number of hydrogen-bond acceptors (Lipinski definition) is 5. The highest BCUT2D eigenvalue weighted by molar-refractivity contribution is 7.10. The van der Waals surface area contributed by atoms with Crippen molar-refractivity contribution in [2.75, 3.05) is 11.5 Å². The summed E-state index contributed by atoms with van der Waals surface area (Å²) in [6, 6.07) is 22.5. The fraction of sp³-hybridized carbons (Fsp3) is 0.115. The second-order valence-electron chi connectivity index (χ2n) is 7.75. The number of nitrogens with zero attached hydrogens (tertiary/aromatic N) is 2. The quantitative estimate of drug-likeness (QED) is 0.440. The second-order valence-corrected chi connectivity index (χ2v) is 8.69. The average Bonchev–Trinajstić information content (AvgIpc) is 3.30. The van der Waals surface area contributed by atoms with Crippen LogP contribution in [0.25, 0.3) is 11.3 Å². The number of fused-ring (bicyclic) bond motifs is 1. The number of hydrogen-bond donors (Lipinski definition) is 1. The number of thiazole rings is 1. The van der Waals surface area contributed by atoms with E-state index in [2.05, 4.69) is 12.1 Å². The number of amides is 1. The molecule has 6 nitrogen and oxygen atoms in total.